The van der Waals surface area contributed by atoms with Crippen molar-refractivity contribution < 1.29 is 9.47 Å². The van der Waals surface area contributed by atoms with Crippen LogP contribution in [0, 0.1) is 11.3 Å². The number of nitrogens with zero attached hydrogens (tertiary/aromatic N) is 2. The SMILES string of the molecule is CN=C(NCC1(C2CC2)CC1)NC1CCN(Cc2cc(OC)cc(OC)c2)C1.I. The van der Waals surface area contributed by atoms with Gasteiger partial charge in [0, 0.05) is 45.3 Å². The van der Waals surface area contributed by atoms with Gasteiger partial charge in [0.25, 0.3) is 0 Å². The van der Waals surface area contributed by atoms with Crippen LogP contribution >= 0.6 is 24.0 Å². The highest BCUT2D eigenvalue weighted by Crippen LogP contribution is 2.60. The standard InChI is InChI=1S/C22H34N4O2.HI/c1-23-21(24-15-22(7-8-22)17-4-5-17)25-18-6-9-26(14-18)13-16-10-19(27-2)12-20(11-16)28-3;/h10-12,17-18H,4-9,13-15H2,1-3H3,(H2,23,24,25);1H. The Bertz CT molecular complexity index is 697. The van der Waals surface area contributed by atoms with E-state index in [1.165, 1.54) is 31.2 Å². The van der Waals surface area contributed by atoms with Crippen LogP contribution in [-0.2, 0) is 6.54 Å². The molecule has 6 nitrogen and oxygen atoms in total. The van der Waals surface area contributed by atoms with E-state index in [4.69, 9.17) is 9.47 Å². The van der Waals surface area contributed by atoms with Crippen LogP contribution in [0.3, 0.4) is 0 Å². The van der Waals surface area contributed by atoms with Gasteiger partial charge in [0.05, 0.1) is 14.2 Å². The van der Waals surface area contributed by atoms with Crippen LogP contribution in [0.4, 0.5) is 0 Å². The summed E-state index contributed by atoms with van der Waals surface area (Å²) in [5, 5.41) is 7.24. The van der Waals surface area contributed by atoms with Crippen LogP contribution in [0.1, 0.15) is 37.7 Å². The molecule has 4 rings (SSSR count). The highest BCUT2D eigenvalue weighted by Gasteiger charge is 2.53. The third kappa shape index (κ3) is 5.69. The van der Waals surface area contributed by atoms with Crippen LogP contribution in [0.5, 0.6) is 11.5 Å². The number of nitrogens with one attached hydrogen (secondary N) is 2. The van der Waals surface area contributed by atoms with Gasteiger partial charge < -0.3 is 20.1 Å². The first-order chi connectivity index (χ1) is 13.6. The first-order valence-corrected chi connectivity index (χ1v) is 10.6. The number of ether oxygens (including phenoxy) is 2. The first kappa shape index (κ1) is 22.5. The van der Waals surface area contributed by atoms with E-state index in [9.17, 15) is 0 Å². The molecule has 3 fully saturated rings. The molecule has 0 spiro atoms. The van der Waals surface area contributed by atoms with E-state index in [-0.39, 0.29) is 24.0 Å². The Labute approximate surface area is 191 Å². The fourth-order valence-corrected chi connectivity index (χ4v) is 4.54. The van der Waals surface area contributed by atoms with Crippen molar-refractivity contribution in [3.8, 4) is 11.5 Å². The minimum Gasteiger partial charge on any atom is -0.497 e. The van der Waals surface area contributed by atoms with Crippen LogP contribution in [0.15, 0.2) is 23.2 Å². The molecule has 29 heavy (non-hydrogen) atoms. The van der Waals surface area contributed by atoms with E-state index in [2.05, 4.69) is 32.7 Å². The zero-order chi connectivity index (χ0) is 19.6. The summed E-state index contributed by atoms with van der Waals surface area (Å²) in [6, 6.07) is 6.55. The molecule has 7 heteroatoms. The molecule has 0 radical (unpaired) electrons. The maximum atomic E-state index is 5.40. The lowest BCUT2D eigenvalue weighted by molar-refractivity contribution is 0.321. The van der Waals surface area contributed by atoms with Crippen molar-refractivity contribution in [3.63, 3.8) is 0 Å². The summed E-state index contributed by atoms with van der Waals surface area (Å²) in [5.41, 5.74) is 1.81. The van der Waals surface area contributed by atoms with E-state index in [1.54, 1.807) is 14.2 Å². The minimum absolute atomic E-state index is 0. The number of benzene rings is 1. The fraction of sp³-hybridized carbons (Fsp3) is 0.682. The number of halogens is 1. The summed E-state index contributed by atoms with van der Waals surface area (Å²) in [6.07, 6.45) is 6.78. The highest BCUT2D eigenvalue weighted by atomic mass is 127. The van der Waals surface area contributed by atoms with E-state index >= 15 is 0 Å². The zero-order valence-corrected chi connectivity index (χ0v) is 20.2. The molecule has 3 aliphatic rings. The molecule has 2 saturated carbocycles. The number of rotatable bonds is 8. The van der Waals surface area contributed by atoms with Gasteiger partial charge in [0.2, 0.25) is 0 Å². The van der Waals surface area contributed by atoms with Gasteiger partial charge >= 0.3 is 0 Å². The number of hydrogen-bond donors (Lipinski definition) is 2. The minimum atomic E-state index is 0. The average molecular weight is 514 g/mol. The predicted molar refractivity (Wildman–Crippen MR) is 128 cm³/mol. The van der Waals surface area contributed by atoms with E-state index in [0.29, 0.717) is 11.5 Å². The Hall–Kier alpha value is -1.22. The molecule has 1 aromatic carbocycles. The smallest absolute Gasteiger partial charge is 0.191 e. The van der Waals surface area contributed by atoms with Crippen molar-refractivity contribution in [2.45, 2.75) is 44.7 Å². The molecule has 1 aromatic rings. The van der Waals surface area contributed by atoms with Gasteiger partial charge in [-0.05, 0) is 61.1 Å². The van der Waals surface area contributed by atoms with Crippen molar-refractivity contribution in [2.75, 3.05) is 40.9 Å². The Morgan fingerprint density at radius 1 is 1.14 bits per heavy atom. The molecule has 162 valence electrons. The Balaban J connectivity index is 0.00000240. The molecule has 1 saturated heterocycles. The summed E-state index contributed by atoms with van der Waals surface area (Å²) >= 11 is 0. The normalized spacial score (nSPS) is 23.3. The largest absolute Gasteiger partial charge is 0.497 e. The Kier molecular flexibility index (Phi) is 7.53. The molecule has 2 N–H and O–H groups in total. The second-order valence-corrected chi connectivity index (χ2v) is 8.65. The second-order valence-electron chi connectivity index (χ2n) is 8.65. The zero-order valence-electron chi connectivity index (χ0n) is 17.9. The van der Waals surface area contributed by atoms with Gasteiger partial charge in [-0.3, -0.25) is 9.89 Å². The van der Waals surface area contributed by atoms with Crippen LogP contribution < -0.4 is 20.1 Å². The maximum absolute atomic E-state index is 5.40. The number of likely N-dealkylation sites (tertiary alicyclic amines) is 1. The molecule has 2 aliphatic carbocycles. The molecule has 1 unspecified atom stereocenters. The van der Waals surface area contributed by atoms with Crippen LogP contribution in [0.2, 0.25) is 0 Å². The molecule has 1 heterocycles. The quantitative estimate of drug-likeness (QED) is 0.317. The Morgan fingerprint density at radius 3 is 2.38 bits per heavy atom. The van der Waals surface area contributed by atoms with E-state index in [0.717, 1.165) is 56.0 Å². The molecular weight excluding hydrogens is 479 g/mol. The number of guanidine groups is 1. The van der Waals surface area contributed by atoms with E-state index < -0.39 is 0 Å². The molecule has 0 bridgehead atoms. The third-order valence-electron chi connectivity index (χ3n) is 6.60. The molecular formula is C22H35IN4O2. The average Bonchev–Trinajstić information content (AvgIpc) is 3.63. The van der Waals surface area contributed by atoms with Crippen molar-refractivity contribution in [2.24, 2.45) is 16.3 Å². The van der Waals surface area contributed by atoms with Gasteiger partial charge in [-0.25, -0.2) is 0 Å². The molecule has 1 atom stereocenters. The molecule has 0 amide bonds. The fourth-order valence-electron chi connectivity index (χ4n) is 4.54. The maximum Gasteiger partial charge on any atom is 0.191 e. The predicted octanol–water partition coefficient (Wildman–Crippen LogP) is 3.25. The van der Waals surface area contributed by atoms with Gasteiger partial charge in [-0.15, -0.1) is 24.0 Å². The molecule has 0 aromatic heterocycles. The Morgan fingerprint density at radius 2 is 1.83 bits per heavy atom. The van der Waals surface area contributed by atoms with Gasteiger partial charge in [0.1, 0.15) is 11.5 Å². The lowest BCUT2D eigenvalue weighted by Crippen LogP contribution is -2.46. The first-order valence-electron chi connectivity index (χ1n) is 10.6. The third-order valence-corrected chi connectivity index (χ3v) is 6.60. The lowest BCUT2D eigenvalue weighted by atomic mass is 10.0. The van der Waals surface area contributed by atoms with Crippen molar-refractivity contribution in [1.82, 2.24) is 15.5 Å². The van der Waals surface area contributed by atoms with Gasteiger partial charge in [-0.2, -0.15) is 0 Å². The summed E-state index contributed by atoms with van der Waals surface area (Å²) in [7, 11) is 5.27. The number of methoxy groups -OCH3 is 2. The van der Waals surface area contributed by atoms with Crippen molar-refractivity contribution in [1.29, 1.82) is 0 Å². The van der Waals surface area contributed by atoms with Crippen LogP contribution in [0.25, 0.3) is 0 Å². The number of hydrogen-bond acceptors (Lipinski definition) is 4. The molecule has 1 aliphatic heterocycles. The number of aliphatic imine (C=N–C) groups is 1. The summed E-state index contributed by atoms with van der Waals surface area (Å²) in [6.45, 7) is 4.09. The van der Waals surface area contributed by atoms with Gasteiger partial charge in [0.15, 0.2) is 5.96 Å². The van der Waals surface area contributed by atoms with Crippen molar-refractivity contribution >= 4 is 29.9 Å². The van der Waals surface area contributed by atoms with E-state index in [1.807, 2.05) is 13.1 Å². The highest BCUT2D eigenvalue weighted by molar-refractivity contribution is 14.0. The second kappa shape index (κ2) is 9.73. The van der Waals surface area contributed by atoms with Crippen LogP contribution in [-0.4, -0.2) is 57.8 Å². The lowest BCUT2D eigenvalue weighted by Gasteiger charge is -2.21. The summed E-state index contributed by atoms with van der Waals surface area (Å²) < 4.78 is 10.8. The van der Waals surface area contributed by atoms with Gasteiger partial charge in [-0.1, -0.05) is 0 Å². The summed E-state index contributed by atoms with van der Waals surface area (Å²) in [4.78, 5) is 6.94. The topological polar surface area (TPSA) is 58.1 Å². The summed E-state index contributed by atoms with van der Waals surface area (Å²) in [5.74, 6) is 3.62. The monoisotopic (exact) mass is 514 g/mol. The van der Waals surface area contributed by atoms with Crippen molar-refractivity contribution in [3.05, 3.63) is 23.8 Å².